The topological polar surface area (TPSA) is 32.9 Å². The first kappa shape index (κ1) is 11.2. The Labute approximate surface area is 104 Å². The molecule has 0 saturated heterocycles. The second kappa shape index (κ2) is 4.28. The molecular weight excluding hydrogens is 301 g/mol. The molecule has 1 aliphatic rings. The summed E-state index contributed by atoms with van der Waals surface area (Å²) < 4.78 is 0.862. The van der Waals surface area contributed by atoms with Crippen LogP contribution in [0.4, 0.5) is 0 Å². The zero-order valence-corrected chi connectivity index (χ0v) is 11.3. The lowest BCUT2D eigenvalue weighted by molar-refractivity contribution is 0.436. The summed E-state index contributed by atoms with van der Waals surface area (Å²) in [6, 6.07) is 0. The predicted octanol–water partition coefficient (Wildman–Crippen LogP) is 2.80. The summed E-state index contributed by atoms with van der Waals surface area (Å²) in [6.45, 7) is 4.21. The van der Waals surface area contributed by atoms with Gasteiger partial charge in [-0.1, -0.05) is 13.3 Å². The van der Waals surface area contributed by atoms with Crippen LogP contribution < -0.4 is 5.43 Å². The van der Waals surface area contributed by atoms with Crippen molar-refractivity contribution in [3.63, 3.8) is 0 Å². The number of hydrogen-bond acceptors (Lipinski definition) is 1. The molecule has 15 heavy (non-hydrogen) atoms. The Bertz CT molecular complexity index is 436. The molecule has 0 amide bonds. The Morgan fingerprint density at radius 3 is 2.93 bits per heavy atom. The molecule has 1 aromatic rings. The van der Waals surface area contributed by atoms with Gasteiger partial charge in [-0.3, -0.25) is 4.79 Å². The highest BCUT2D eigenvalue weighted by molar-refractivity contribution is 14.1. The maximum atomic E-state index is 12.0. The minimum atomic E-state index is 0.261. The second-order valence-electron chi connectivity index (χ2n) is 4.37. The second-order valence-corrected chi connectivity index (χ2v) is 5.45. The highest BCUT2D eigenvalue weighted by Gasteiger charge is 2.21. The van der Waals surface area contributed by atoms with Crippen molar-refractivity contribution in [3.05, 3.63) is 30.7 Å². The van der Waals surface area contributed by atoms with E-state index in [9.17, 15) is 4.79 Å². The highest BCUT2D eigenvalue weighted by Crippen LogP contribution is 2.25. The predicted molar refractivity (Wildman–Crippen MR) is 70.3 cm³/mol. The fourth-order valence-electron chi connectivity index (χ4n) is 2.32. The van der Waals surface area contributed by atoms with Gasteiger partial charge in [-0.15, -0.1) is 0 Å². The fraction of sp³-hybridized carbons (Fsp3) is 0.583. The maximum Gasteiger partial charge on any atom is 0.198 e. The van der Waals surface area contributed by atoms with E-state index >= 15 is 0 Å². The molecule has 1 atom stereocenters. The summed E-state index contributed by atoms with van der Waals surface area (Å²) in [5.41, 5.74) is 3.51. The van der Waals surface area contributed by atoms with Gasteiger partial charge in [0.05, 0.1) is 3.57 Å². The van der Waals surface area contributed by atoms with Crippen molar-refractivity contribution in [1.29, 1.82) is 0 Å². The molecule has 0 spiro atoms. The van der Waals surface area contributed by atoms with E-state index < -0.39 is 0 Å². The molecule has 2 rings (SSSR count). The Kier molecular flexibility index (Phi) is 3.19. The first-order valence-electron chi connectivity index (χ1n) is 5.53. The molecule has 0 radical (unpaired) electrons. The Hall–Kier alpha value is -0.320. The van der Waals surface area contributed by atoms with Crippen LogP contribution in [0.25, 0.3) is 0 Å². The number of aryl methyl sites for hydroxylation is 1. The molecule has 0 bridgehead atoms. The Balaban J connectivity index is 2.49. The standard InChI is InChI=1S/C12H16INO/c1-3-8-4-5-9-10(6-8)14-7(2)11(13)12(9)15/h8H,3-6H2,1-2H3,(H,14,15). The van der Waals surface area contributed by atoms with Crippen LogP contribution in [0.15, 0.2) is 4.79 Å². The van der Waals surface area contributed by atoms with Crippen LogP contribution in [-0.2, 0) is 12.8 Å². The molecule has 0 saturated carbocycles. The van der Waals surface area contributed by atoms with Crippen LogP contribution in [-0.4, -0.2) is 4.98 Å². The first-order chi connectivity index (χ1) is 7.13. The minimum Gasteiger partial charge on any atom is -0.361 e. The smallest absolute Gasteiger partial charge is 0.198 e. The van der Waals surface area contributed by atoms with E-state index in [1.165, 1.54) is 18.5 Å². The Morgan fingerprint density at radius 2 is 2.27 bits per heavy atom. The van der Waals surface area contributed by atoms with E-state index in [0.29, 0.717) is 0 Å². The zero-order chi connectivity index (χ0) is 11.0. The largest absolute Gasteiger partial charge is 0.361 e. The molecule has 1 aromatic heterocycles. The summed E-state index contributed by atoms with van der Waals surface area (Å²) in [4.78, 5) is 15.4. The molecule has 0 aliphatic heterocycles. The third kappa shape index (κ3) is 1.98. The van der Waals surface area contributed by atoms with E-state index in [-0.39, 0.29) is 5.43 Å². The molecule has 2 nitrogen and oxygen atoms in total. The lowest BCUT2D eigenvalue weighted by Gasteiger charge is -2.23. The summed E-state index contributed by atoms with van der Waals surface area (Å²) in [5.74, 6) is 0.757. The van der Waals surface area contributed by atoms with E-state index in [4.69, 9.17) is 0 Å². The van der Waals surface area contributed by atoms with Gasteiger partial charge in [0.1, 0.15) is 0 Å². The highest BCUT2D eigenvalue weighted by atomic mass is 127. The van der Waals surface area contributed by atoms with Gasteiger partial charge in [0.2, 0.25) is 0 Å². The summed E-state index contributed by atoms with van der Waals surface area (Å²) >= 11 is 2.15. The average molecular weight is 317 g/mol. The number of aromatic nitrogens is 1. The zero-order valence-electron chi connectivity index (χ0n) is 9.19. The van der Waals surface area contributed by atoms with Gasteiger partial charge in [-0.25, -0.2) is 0 Å². The lowest BCUT2D eigenvalue weighted by atomic mass is 9.85. The number of aromatic amines is 1. The van der Waals surface area contributed by atoms with Gasteiger partial charge in [-0.2, -0.15) is 0 Å². The quantitative estimate of drug-likeness (QED) is 0.794. The third-order valence-corrected chi connectivity index (χ3v) is 4.68. The molecule has 3 heteroatoms. The van der Waals surface area contributed by atoms with E-state index in [2.05, 4.69) is 34.5 Å². The van der Waals surface area contributed by atoms with Gasteiger partial charge in [-0.05, 0) is 54.7 Å². The van der Waals surface area contributed by atoms with Crippen molar-refractivity contribution in [1.82, 2.24) is 4.98 Å². The number of H-pyrrole nitrogens is 1. The van der Waals surface area contributed by atoms with Crippen molar-refractivity contribution < 1.29 is 0 Å². The number of hydrogen-bond donors (Lipinski definition) is 1. The summed E-state index contributed by atoms with van der Waals surface area (Å²) in [6.07, 6.45) is 4.40. The molecule has 82 valence electrons. The SMILES string of the molecule is CCC1CCc2c([nH]c(C)c(I)c2=O)C1. The molecule has 1 N–H and O–H groups in total. The number of pyridine rings is 1. The van der Waals surface area contributed by atoms with Crippen molar-refractivity contribution in [2.75, 3.05) is 0 Å². The van der Waals surface area contributed by atoms with E-state index in [1.807, 2.05) is 6.92 Å². The van der Waals surface area contributed by atoms with Gasteiger partial charge >= 0.3 is 0 Å². The number of nitrogens with one attached hydrogen (secondary N) is 1. The van der Waals surface area contributed by atoms with E-state index in [0.717, 1.165) is 33.6 Å². The average Bonchev–Trinajstić information content (AvgIpc) is 2.25. The molecule has 0 fully saturated rings. The minimum absolute atomic E-state index is 0.261. The molecule has 1 aliphatic carbocycles. The Morgan fingerprint density at radius 1 is 1.53 bits per heavy atom. The third-order valence-electron chi connectivity index (χ3n) is 3.38. The summed E-state index contributed by atoms with van der Waals surface area (Å²) in [7, 11) is 0. The van der Waals surface area contributed by atoms with Crippen molar-refractivity contribution >= 4 is 22.6 Å². The first-order valence-corrected chi connectivity index (χ1v) is 6.61. The number of fused-ring (bicyclic) bond motifs is 1. The van der Waals surface area contributed by atoms with Crippen LogP contribution in [0.3, 0.4) is 0 Å². The normalized spacial score (nSPS) is 20.1. The molecular formula is C12H16INO. The van der Waals surface area contributed by atoms with Gasteiger partial charge in [0, 0.05) is 17.0 Å². The van der Waals surface area contributed by atoms with Gasteiger partial charge < -0.3 is 4.98 Å². The fourth-order valence-corrected chi connectivity index (χ4v) is 2.78. The van der Waals surface area contributed by atoms with E-state index in [1.54, 1.807) is 0 Å². The van der Waals surface area contributed by atoms with Crippen molar-refractivity contribution in [2.45, 2.75) is 39.5 Å². The van der Waals surface area contributed by atoms with Crippen LogP contribution in [0.2, 0.25) is 0 Å². The monoisotopic (exact) mass is 317 g/mol. The van der Waals surface area contributed by atoms with Crippen LogP contribution in [0.1, 0.15) is 36.7 Å². The molecule has 1 heterocycles. The van der Waals surface area contributed by atoms with Crippen molar-refractivity contribution in [2.24, 2.45) is 5.92 Å². The van der Waals surface area contributed by atoms with Gasteiger partial charge in [0.15, 0.2) is 5.43 Å². The summed E-state index contributed by atoms with van der Waals surface area (Å²) in [5, 5.41) is 0. The molecule has 1 unspecified atom stereocenters. The van der Waals surface area contributed by atoms with Crippen molar-refractivity contribution in [3.8, 4) is 0 Å². The number of halogens is 1. The van der Waals surface area contributed by atoms with Crippen LogP contribution in [0, 0.1) is 16.4 Å². The maximum absolute atomic E-state index is 12.0. The number of rotatable bonds is 1. The molecule has 0 aromatic carbocycles. The lowest BCUT2D eigenvalue weighted by Crippen LogP contribution is -2.25. The van der Waals surface area contributed by atoms with Crippen LogP contribution >= 0.6 is 22.6 Å². The van der Waals surface area contributed by atoms with Crippen LogP contribution in [0.5, 0.6) is 0 Å². The van der Waals surface area contributed by atoms with Gasteiger partial charge in [0.25, 0.3) is 0 Å².